The van der Waals surface area contributed by atoms with Crippen LogP contribution in [0.25, 0.3) is 6.08 Å². The van der Waals surface area contributed by atoms with Gasteiger partial charge in [0.1, 0.15) is 11.3 Å². The van der Waals surface area contributed by atoms with Crippen molar-refractivity contribution in [2.45, 2.75) is 19.8 Å². The van der Waals surface area contributed by atoms with Gasteiger partial charge in [0.05, 0.1) is 10.2 Å². The number of benzene rings is 1. The van der Waals surface area contributed by atoms with Crippen LogP contribution < -0.4 is 15.1 Å². The lowest BCUT2D eigenvalue weighted by molar-refractivity contribution is -0.122. The van der Waals surface area contributed by atoms with E-state index < -0.39 is 17.8 Å². The molecule has 1 aromatic carbocycles. The summed E-state index contributed by atoms with van der Waals surface area (Å²) in [6.45, 7) is 3.59. The van der Waals surface area contributed by atoms with E-state index in [9.17, 15) is 14.4 Å². The van der Waals surface area contributed by atoms with E-state index in [-0.39, 0.29) is 5.57 Å². The monoisotopic (exact) mass is 443 g/mol. The molecule has 2 fully saturated rings. The molecule has 0 spiro atoms. The number of nitrogens with zero attached hydrogens (tertiary/aromatic N) is 2. The molecule has 0 radical (unpaired) electrons. The molecule has 0 atom stereocenters. The molecule has 144 valence electrons. The number of anilines is 2. The molecule has 7 nitrogen and oxygen atoms in total. The maximum Gasteiger partial charge on any atom is 0.335 e. The summed E-state index contributed by atoms with van der Waals surface area (Å²) in [5, 5.41) is 2.23. The van der Waals surface area contributed by atoms with Crippen molar-refractivity contribution in [3.63, 3.8) is 0 Å². The number of furan rings is 1. The highest BCUT2D eigenvalue weighted by Gasteiger charge is 2.37. The number of halogens is 1. The third-order valence-electron chi connectivity index (χ3n) is 4.83. The first-order valence-electron chi connectivity index (χ1n) is 8.97. The van der Waals surface area contributed by atoms with E-state index in [0.29, 0.717) is 17.3 Å². The summed E-state index contributed by atoms with van der Waals surface area (Å²) in [7, 11) is 0. The Bertz CT molecular complexity index is 1000. The van der Waals surface area contributed by atoms with Crippen molar-refractivity contribution in [1.29, 1.82) is 0 Å². The lowest BCUT2D eigenvalue weighted by atomic mass is 10.1. The number of hydrogen-bond donors (Lipinski definition) is 1. The summed E-state index contributed by atoms with van der Waals surface area (Å²) in [4.78, 5) is 40.7. The van der Waals surface area contributed by atoms with E-state index in [0.717, 1.165) is 40.9 Å². The number of imide groups is 2. The van der Waals surface area contributed by atoms with E-state index in [1.807, 2.05) is 6.07 Å². The number of carbonyl (C=O) groups is 3. The summed E-state index contributed by atoms with van der Waals surface area (Å²) in [5.74, 6) is -0.375. The highest BCUT2D eigenvalue weighted by Crippen LogP contribution is 2.34. The van der Waals surface area contributed by atoms with Gasteiger partial charge in [-0.2, -0.15) is 0 Å². The van der Waals surface area contributed by atoms with Gasteiger partial charge in [-0.15, -0.1) is 0 Å². The van der Waals surface area contributed by atoms with Crippen molar-refractivity contribution in [3.05, 3.63) is 51.7 Å². The molecule has 28 heavy (non-hydrogen) atoms. The third kappa shape index (κ3) is 3.24. The van der Waals surface area contributed by atoms with Crippen LogP contribution in [0.3, 0.4) is 0 Å². The Kier molecular flexibility index (Phi) is 4.80. The van der Waals surface area contributed by atoms with Crippen LogP contribution >= 0.6 is 15.9 Å². The number of carbonyl (C=O) groups excluding carboxylic acids is 3. The van der Waals surface area contributed by atoms with E-state index in [2.05, 4.69) is 26.1 Å². The minimum Gasteiger partial charge on any atom is -0.440 e. The summed E-state index contributed by atoms with van der Waals surface area (Å²) in [5.41, 5.74) is 1.02. The molecule has 0 bridgehead atoms. The van der Waals surface area contributed by atoms with Gasteiger partial charge >= 0.3 is 6.03 Å². The number of hydrogen-bond acceptors (Lipinski definition) is 5. The molecule has 4 amide bonds. The van der Waals surface area contributed by atoms with Gasteiger partial charge in [0.15, 0.2) is 0 Å². The van der Waals surface area contributed by atoms with Gasteiger partial charge in [-0.25, -0.2) is 9.69 Å². The van der Waals surface area contributed by atoms with Crippen molar-refractivity contribution in [2.24, 2.45) is 0 Å². The Balaban J connectivity index is 1.69. The second-order valence-corrected chi connectivity index (χ2v) is 7.59. The van der Waals surface area contributed by atoms with Crippen molar-refractivity contribution in [1.82, 2.24) is 5.32 Å². The summed E-state index contributed by atoms with van der Waals surface area (Å²) < 4.78 is 6.62. The molecule has 0 unspecified atom stereocenters. The average molecular weight is 444 g/mol. The van der Waals surface area contributed by atoms with Gasteiger partial charge in [-0.3, -0.25) is 14.9 Å². The summed E-state index contributed by atoms with van der Waals surface area (Å²) in [6.07, 6.45) is 3.57. The van der Waals surface area contributed by atoms with E-state index in [1.165, 1.54) is 6.08 Å². The van der Waals surface area contributed by atoms with Crippen LogP contribution in [0, 0.1) is 6.92 Å². The first-order valence-corrected chi connectivity index (χ1v) is 9.76. The second-order valence-electron chi connectivity index (χ2n) is 6.74. The van der Waals surface area contributed by atoms with Crippen LogP contribution in [0.1, 0.15) is 24.2 Å². The van der Waals surface area contributed by atoms with Gasteiger partial charge < -0.3 is 9.32 Å². The first kappa shape index (κ1) is 18.5. The minimum atomic E-state index is -0.764. The van der Waals surface area contributed by atoms with Crippen LogP contribution in [0.5, 0.6) is 0 Å². The number of rotatable bonds is 3. The molecule has 1 N–H and O–H groups in total. The fourth-order valence-electron chi connectivity index (χ4n) is 3.42. The minimum absolute atomic E-state index is 0.155. The first-order chi connectivity index (χ1) is 13.5. The van der Waals surface area contributed by atoms with Crippen LogP contribution in [0.4, 0.5) is 16.4 Å². The molecule has 8 heteroatoms. The summed E-state index contributed by atoms with van der Waals surface area (Å²) in [6, 6.07) is 7.95. The maximum absolute atomic E-state index is 13.0. The smallest absolute Gasteiger partial charge is 0.335 e. The SMILES string of the molecule is Cc1ccccc1N1C(=O)NC(=O)/C(=C\c2cc(Br)c(N3CCCC3)o2)C1=O. The van der Waals surface area contributed by atoms with Crippen molar-refractivity contribution in [2.75, 3.05) is 22.9 Å². The lowest BCUT2D eigenvalue weighted by Crippen LogP contribution is -2.54. The van der Waals surface area contributed by atoms with Gasteiger partial charge in [-0.1, -0.05) is 18.2 Å². The number of urea groups is 1. The topological polar surface area (TPSA) is 82.9 Å². The maximum atomic E-state index is 13.0. The Labute approximate surface area is 170 Å². The van der Waals surface area contributed by atoms with Crippen molar-refractivity contribution < 1.29 is 18.8 Å². The van der Waals surface area contributed by atoms with Crippen LogP contribution in [-0.4, -0.2) is 30.9 Å². The molecule has 0 saturated carbocycles. The molecule has 2 aromatic rings. The number of para-hydroxylation sites is 1. The fourth-order valence-corrected chi connectivity index (χ4v) is 3.97. The van der Waals surface area contributed by atoms with Crippen LogP contribution in [0.2, 0.25) is 0 Å². The van der Waals surface area contributed by atoms with E-state index >= 15 is 0 Å². The predicted octanol–water partition coefficient (Wildman–Crippen LogP) is 3.62. The molecule has 0 aliphatic carbocycles. The highest BCUT2D eigenvalue weighted by atomic mass is 79.9. The Morgan fingerprint density at radius 1 is 1.14 bits per heavy atom. The van der Waals surface area contributed by atoms with Gasteiger partial charge in [-0.05, 0) is 53.4 Å². The van der Waals surface area contributed by atoms with Crippen molar-refractivity contribution in [3.8, 4) is 0 Å². The van der Waals surface area contributed by atoms with Gasteiger partial charge in [0.25, 0.3) is 11.8 Å². The lowest BCUT2D eigenvalue weighted by Gasteiger charge is -2.27. The zero-order valence-electron chi connectivity index (χ0n) is 15.2. The quantitative estimate of drug-likeness (QED) is 0.578. The number of nitrogens with one attached hydrogen (secondary N) is 1. The highest BCUT2D eigenvalue weighted by molar-refractivity contribution is 9.10. The number of amides is 4. The summed E-state index contributed by atoms with van der Waals surface area (Å²) >= 11 is 3.48. The molecule has 4 rings (SSSR count). The normalized spacial score (nSPS) is 18.9. The van der Waals surface area contributed by atoms with Crippen molar-refractivity contribution >= 4 is 51.4 Å². The predicted molar refractivity (Wildman–Crippen MR) is 108 cm³/mol. The van der Waals surface area contributed by atoms with Gasteiger partial charge in [0, 0.05) is 19.2 Å². The standard InChI is InChI=1S/C20H18BrN3O4/c1-12-6-2-3-7-16(12)24-18(26)14(17(25)22-20(24)27)10-13-11-15(21)19(28-13)23-8-4-5-9-23/h2-3,6-7,10-11H,4-5,8-9H2,1H3,(H,22,25,27)/b14-10+. The Morgan fingerprint density at radius 3 is 2.57 bits per heavy atom. The molecule has 2 saturated heterocycles. The molecular weight excluding hydrogens is 426 g/mol. The van der Waals surface area contributed by atoms with E-state index in [4.69, 9.17) is 4.42 Å². The molecule has 2 aliphatic rings. The second kappa shape index (κ2) is 7.27. The largest absolute Gasteiger partial charge is 0.440 e. The van der Waals surface area contributed by atoms with Crippen LogP contribution in [0.15, 0.2) is 44.8 Å². The molecule has 3 heterocycles. The number of aryl methyl sites for hydroxylation is 1. The zero-order chi connectivity index (χ0) is 19.8. The van der Waals surface area contributed by atoms with E-state index in [1.54, 1.807) is 31.2 Å². The number of barbiturate groups is 1. The van der Waals surface area contributed by atoms with Crippen LogP contribution in [-0.2, 0) is 9.59 Å². The molecule has 1 aromatic heterocycles. The molecular formula is C20H18BrN3O4. The average Bonchev–Trinajstić information content (AvgIpc) is 3.29. The Morgan fingerprint density at radius 2 is 1.86 bits per heavy atom. The molecule has 2 aliphatic heterocycles. The fraction of sp³-hybridized carbons (Fsp3) is 0.250. The third-order valence-corrected chi connectivity index (χ3v) is 5.39. The Hall–Kier alpha value is -2.87. The zero-order valence-corrected chi connectivity index (χ0v) is 16.8. The van der Waals surface area contributed by atoms with Gasteiger partial charge in [0.2, 0.25) is 5.88 Å².